The molecule has 1 aromatic rings. The summed E-state index contributed by atoms with van der Waals surface area (Å²) in [6.45, 7) is 0.234. The fourth-order valence-corrected chi connectivity index (χ4v) is 1.48. The van der Waals surface area contributed by atoms with E-state index in [0.29, 0.717) is 23.5 Å². The zero-order chi connectivity index (χ0) is 12.7. The standard InChI is InChI=1S/C11H15N3O3/c1-16-8-3-4-11(17-2)9(7-8)10(15)5-6-13-14-12/h3-4,7,10,15H,5-6H2,1-2H3. The molecule has 0 saturated carbocycles. The van der Waals surface area contributed by atoms with Crippen LogP contribution in [0.3, 0.4) is 0 Å². The van der Waals surface area contributed by atoms with Gasteiger partial charge in [-0.3, -0.25) is 0 Å². The van der Waals surface area contributed by atoms with Gasteiger partial charge in [0.15, 0.2) is 0 Å². The summed E-state index contributed by atoms with van der Waals surface area (Å²) < 4.78 is 10.2. The lowest BCUT2D eigenvalue weighted by molar-refractivity contribution is 0.165. The molecule has 0 fully saturated rings. The third-order valence-corrected chi connectivity index (χ3v) is 2.36. The van der Waals surface area contributed by atoms with Gasteiger partial charge in [-0.2, -0.15) is 0 Å². The molecule has 1 N–H and O–H groups in total. The van der Waals surface area contributed by atoms with E-state index >= 15 is 0 Å². The highest BCUT2D eigenvalue weighted by atomic mass is 16.5. The van der Waals surface area contributed by atoms with Crippen LogP contribution in [-0.2, 0) is 0 Å². The predicted octanol–water partition coefficient (Wildman–Crippen LogP) is 2.44. The second-order valence-corrected chi connectivity index (χ2v) is 3.37. The Hall–Kier alpha value is -1.91. The molecule has 17 heavy (non-hydrogen) atoms. The van der Waals surface area contributed by atoms with E-state index in [0.717, 1.165) is 0 Å². The van der Waals surface area contributed by atoms with Gasteiger partial charge in [0.1, 0.15) is 11.5 Å². The average molecular weight is 237 g/mol. The maximum absolute atomic E-state index is 9.96. The van der Waals surface area contributed by atoms with Gasteiger partial charge in [-0.15, -0.1) is 0 Å². The Kier molecular flexibility index (Phi) is 5.13. The second-order valence-electron chi connectivity index (χ2n) is 3.37. The van der Waals surface area contributed by atoms with E-state index in [-0.39, 0.29) is 6.54 Å². The molecular formula is C11H15N3O3. The van der Waals surface area contributed by atoms with Gasteiger partial charge >= 0.3 is 0 Å². The molecule has 92 valence electrons. The van der Waals surface area contributed by atoms with E-state index in [1.807, 2.05) is 0 Å². The van der Waals surface area contributed by atoms with Crippen LogP contribution in [0.4, 0.5) is 0 Å². The number of nitrogens with zero attached hydrogens (tertiary/aromatic N) is 3. The van der Waals surface area contributed by atoms with Crippen molar-refractivity contribution in [3.8, 4) is 11.5 Å². The number of ether oxygens (including phenoxy) is 2. The molecule has 0 bridgehead atoms. The molecule has 0 heterocycles. The van der Waals surface area contributed by atoms with Crippen molar-refractivity contribution in [2.45, 2.75) is 12.5 Å². The SMILES string of the molecule is COc1ccc(OC)c(C(O)CCN=[N+]=[N-])c1. The molecule has 1 atom stereocenters. The molecule has 0 radical (unpaired) electrons. The Balaban J connectivity index is 2.88. The van der Waals surface area contributed by atoms with Gasteiger partial charge in [0.05, 0.1) is 20.3 Å². The van der Waals surface area contributed by atoms with Crippen LogP contribution in [0.2, 0.25) is 0 Å². The monoisotopic (exact) mass is 237 g/mol. The maximum Gasteiger partial charge on any atom is 0.124 e. The highest BCUT2D eigenvalue weighted by molar-refractivity contribution is 5.41. The van der Waals surface area contributed by atoms with Gasteiger partial charge in [-0.25, -0.2) is 0 Å². The Morgan fingerprint density at radius 2 is 2.18 bits per heavy atom. The Labute approximate surface area is 99.4 Å². The van der Waals surface area contributed by atoms with Crippen LogP contribution < -0.4 is 9.47 Å². The van der Waals surface area contributed by atoms with Crippen LogP contribution in [0.25, 0.3) is 10.4 Å². The zero-order valence-corrected chi connectivity index (χ0v) is 9.83. The number of benzene rings is 1. The molecule has 6 heteroatoms. The summed E-state index contributed by atoms with van der Waals surface area (Å²) in [6.07, 6.45) is -0.404. The molecular weight excluding hydrogens is 222 g/mol. The second kappa shape index (κ2) is 6.62. The van der Waals surface area contributed by atoms with Crippen molar-refractivity contribution in [3.63, 3.8) is 0 Å². The molecule has 0 aliphatic heterocycles. The number of aliphatic hydroxyl groups excluding tert-OH is 1. The highest BCUT2D eigenvalue weighted by Gasteiger charge is 2.13. The average Bonchev–Trinajstić information content (AvgIpc) is 2.38. The van der Waals surface area contributed by atoms with Crippen molar-refractivity contribution >= 4 is 0 Å². The first-order valence-corrected chi connectivity index (χ1v) is 5.13. The van der Waals surface area contributed by atoms with Gasteiger partial charge in [0.2, 0.25) is 0 Å². The molecule has 0 saturated heterocycles. The summed E-state index contributed by atoms with van der Waals surface area (Å²) in [5.74, 6) is 1.22. The van der Waals surface area contributed by atoms with Crippen LogP contribution in [0.15, 0.2) is 23.3 Å². The number of hydrogen-bond acceptors (Lipinski definition) is 4. The Bertz CT molecular complexity index is 416. The van der Waals surface area contributed by atoms with E-state index in [1.165, 1.54) is 7.11 Å². The van der Waals surface area contributed by atoms with Crippen molar-refractivity contribution in [1.29, 1.82) is 0 Å². The smallest absolute Gasteiger partial charge is 0.124 e. The lowest BCUT2D eigenvalue weighted by atomic mass is 10.1. The summed E-state index contributed by atoms with van der Waals surface area (Å²) in [4.78, 5) is 2.64. The summed E-state index contributed by atoms with van der Waals surface area (Å²) in [7, 11) is 3.09. The number of hydrogen-bond donors (Lipinski definition) is 1. The number of rotatable bonds is 6. The quantitative estimate of drug-likeness (QED) is 0.468. The van der Waals surface area contributed by atoms with Crippen molar-refractivity contribution < 1.29 is 14.6 Å². The first-order valence-electron chi connectivity index (χ1n) is 5.13. The minimum absolute atomic E-state index is 0.234. The summed E-state index contributed by atoms with van der Waals surface area (Å²) >= 11 is 0. The first-order chi connectivity index (χ1) is 8.22. The molecule has 1 rings (SSSR count). The summed E-state index contributed by atoms with van der Waals surface area (Å²) in [5, 5.41) is 13.3. The Morgan fingerprint density at radius 3 is 2.76 bits per heavy atom. The van der Waals surface area contributed by atoms with E-state index in [1.54, 1.807) is 25.3 Å². The summed E-state index contributed by atoms with van der Waals surface area (Å²) in [5.41, 5.74) is 8.79. The fraction of sp³-hybridized carbons (Fsp3) is 0.455. The number of azide groups is 1. The van der Waals surface area contributed by atoms with Gasteiger partial charge in [0, 0.05) is 17.0 Å². The van der Waals surface area contributed by atoms with Crippen molar-refractivity contribution in [2.75, 3.05) is 20.8 Å². The molecule has 0 spiro atoms. The lowest BCUT2D eigenvalue weighted by Gasteiger charge is -2.15. The van der Waals surface area contributed by atoms with Gasteiger partial charge in [0.25, 0.3) is 0 Å². The van der Waals surface area contributed by atoms with Gasteiger partial charge < -0.3 is 14.6 Å². The van der Waals surface area contributed by atoms with Crippen LogP contribution in [-0.4, -0.2) is 25.9 Å². The first kappa shape index (κ1) is 13.2. The zero-order valence-electron chi connectivity index (χ0n) is 9.83. The third kappa shape index (κ3) is 3.55. The largest absolute Gasteiger partial charge is 0.497 e. The third-order valence-electron chi connectivity index (χ3n) is 2.36. The highest BCUT2D eigenvalue weighted by Crippen LogP contribution is 2.30. The fourth-order valence-electron chi connectivity index (χ4n) is 1.48. The predicted molar refractivity (Wildman–Crippen MR) is 63.1 cm³/mol. The Morgan fingerprint density at radius 1 is 1.41 bits per heavy atom. The molecule has 1 unspecified atom stereocenters. The van der Waals surface area contributed by atoms with E-state index in [2.05, 4.69) is 10.0 Å². The van der Waals surface area contributed by atoms with Crippen LogP contribution >= 0.6 is 0 Å². The van der Waals surface area contributed by atoms with Crippen molar-refractivity contribution in [1.82, 2.24) is 0 Å². The minimum Gasteiger partial charge on any atom is -0.497 e. The summed E-state index contributed by atoms with van der Waals surface area (Å²) in [6, 6.07) is 5.19. The maximum atomic E-state index is 9.96. The molecule has 0 aliphatic rings. The van der Waals surface area contributed by atoms with Crippen LogP contribution in [0.1, 0.15) is 18.1 Å². The van der Waals surface area contributed by atoms with Crippen LogP contribution in [0, 0.1) is 0 Å². The lowest BCUT2D eigenvalue weighted by Crippen LogP contribution is -2.02. The van der Waals surface area contributed by atoms with Gasteiger partial charge in [-0.05, 0) is 30.2 Å². The van der Waals surface area contributed by atoms with E-state index in [4.69, 9.17) is 15.0 Å². The molecule has 6 nitrogen and oxygen atoms in total. The molecule has 1 aromatic carbocycles. The molecule has 0 amide bonds. The van der Waals surface area contributed by atoms with E-state index < -0.39 is 6.10 Å². The number of methoxy groups -OCH3 is 2. The normalized spacial score (nSPS) is 11.5. The topological polar surface area (TPSA) is 87.5 Å². The number of aliphatic hydroxyl groups is 1. The van der Waals surface area contributed by atoms with Gasteiger partial charge in [-0.1, -0.05) is 5.11 Å². The minimum atomic E-state index is -0.745. The van der Waals surface area contributed by atoms with Crippen molar-refractivity contribution in [3.05, 3.63) is 34.2 Å². The molecule has 0 aromatic heterocycles. The van der Waals surface area contributed by atoms with Crippen LogP contribution in [0.5, 0.6) is 11.5 Å². The van der Waals surface area contributed by atoms with E-state index in [9.17, 15) is 5.11 Å². The molecule has 0 aliphatic carbocycles. The van der Waals surface area contributed by atoms with Crippen molar-refractivity contribution in [2.24, 2.45) is 5.11 Å².